The van der Waals surface area contributed by atoms with Crippen LogP contribution in [0.15, 0.2) is 0 Å². The van der Waals surface area contributed by atoms with Gasteiger partial charge in [0.05, 0.1) is 0 Å². The first-order valence-corrected chi connectivity index (χ1v) is 6.85. The van der Waals surface area contributed by atoms with Gasteiger partial charge < -0.3 is 5.73 Å². The lowest BCUT2D eigenvalue weighted by molar-refractivity contribution is 0.388. The predicted molar refractivity (Wildman–Crippen MR) is 60.6 cm³/mol. The molecule has 0 aromatic carbocycles. The van der Waals surface area contributed by atoms with Crippen molar-refractivity contribution in [3.63, 3.8) is 0 Å². The average Bonchev–Trinajstić information content (AvgIpc) is 2.61. The first-order chi connectivity index (χ1) is 6.98. The van der Waals surface area contributed by atoms with Crippen molar-refractivity contribution < 1.29 is 8.42 Å². The minimum absolute atomic E-state index is 0.000602. The van der Waals surface area contributed by atoms with Gasteiger partial charge in [-0.1, -0.05) is 13.3 Å². The topological polar surface area (TPSA) is 66.6 Å². The van der Waals surface area contributed by atoms with Crippen molar-refractivity contribution in [2.24, 2.45) is 5.73 Å². The Morgan fingerprint density at radius 2 is 2.20 bits per heavy atom. The summed E-state index contributed by atoms with van der Waals surface area (Å²) in [5, 5.41) is 0. The highest BCUT2D eigenvalue weighted by atomic mass is 32.2. The van der Waals surface area contributed by atoms with Crippen LogP contribution in [0, 0.1) is 0 Å². The maximum absolute atomic E-state index is 12.0. The molecule has 2 N–H and O–H groups in total. The van der Waals surface area contributed by atoms with E-state index in [1.165, 1.54) is 8.61 Å². The Morgan fingerprint density at radius 3 is 2.67 bits per heavy atom. The lowest BCUT2D eigenvalue weighted by Crippen LogP contribution is -2.42. The Bertz CT molecular complexity index is 292. The quantitative estimate of drug-likeness (QED) is 0.729. The molecular weight excluding hydrogens is 214 g/mol. The summed E-state index contributed by atoms with van der Waals surface area (Å²) < 4.78 is 26.9. The number of unbranched alkanes of at least 4 members (excludes halogenated alkanes) is 1. The van der Waals surface area contributed by atoms with E-state index in [2.05, 4.69) is 0 Å². The van der Waals surface area contributed by atoms with E-state index >= 15 is 0 Å². The molecule has 0 bridgehead atoms. The van der Waals surface area contributed by atoms with E-state index in [4.69, 9.17) is 5.73 Å². The zero-order chi connectivity index (χ0) is 11.5. The van der Waals surface area contributed by atoms with Crippen LogP contribution in [0.3, 0.4) is 0 Å². The number of nitrogens with two attached hydrogens (primary N) is 1. The second-order valence-corrected chi connectivity index (χ2v) is 6.13. The zero-order valence-electron chi connectivity index (χ0n) is 9.52. The first kappa shape index (κ1) is 12.9. The van der Waals surface area contributed by atoms with Gasteiger partial charge in [0.25, 0.3) is 10.2 Å². The third-order valence-electron chi connectivity index (χ3n) is 2.73. The monoisotopic (exact) mass is 235 g/mol. The van der Waals surface area contributed by atoms with Crippen molar-refractivity contribution in [2.45, 2.75) is 32.2 Å². The molecule has 90 valence electrons. The van der Waals surface area contributed by atoms with Gasteiger partial charge in [-0.3, -0.25) is 0 Å². The van der Waals surface area contributed by atoms with Crippen LogP contribution in [-0.2, 0) is 10.2 Å². The largest absolute Gasteiger partial charge is 0.326 e. The van der Waals surface area contributed by atoms with Gasteiger partial charge in [0.2, 0.25) is 0 Å². The molecule has 6 heteroatoms. The summed E-state index contributed by atoms with van der Waals surface area (Å²) in [7, 11) is -1.62. The van der Waals surface area contributed by atoms with E-state index in [1.807, 2.05) is 6.92 Å². The molecule has 5 nitrogen and oxygen atoms in total. The SMILES string of the molecule is CCCCN(C)S(=O)(=O)N1CC[C@H](N)C1. The molecule has 0 amide bonds. The third kappa shape index (κ3) is 3.14. The number of hydrogen-bond acceptors (Lipinski definition) is 3. The van der Waals surface area contributed by atoms with Crippen LogP contribution in [0.1, 0.15) is 26.2 Å². The molecule has 0 saturated carbocycles. The normalized spacial score (nSPS) is 23.9. The highest BCUT2D eigenvalue weighted by molar-refractivity contribution is 7.86. The summed E-state index contributed by atoms with van der Waals surface area (Å²) in [4.78, 5) is 0. The molecule has 0 spiro atoms. The van der Waals surface area contributed by atoms with Crippen molar-refractivity contribution in [1.82, 2.24) is 8.61 Å². The van der Waals surface area contributed by atoms with Gasteiger partial charge in [-0.25, -0.2) is 0 Å². The highest BCUT2D eigenvalue weighted by Gasteiger charge is 2.32. The molecule has 1 rings (SSSR count). The smallest absolute Gasteiger partial charge is 0.281 e. The Balaban J connectivity index is 2.57. The fraction of sp³-hybridized carbons (Fsp3) is 1.00. The molecule has 0 aliphatic carbocycles. The van der Waals surface area contributed by atoms with Crippen LogP contribution in [0.2, 0.25) is 0 Å². The van der Waals surface area contributed by atoms with Crippen molar-refractivity contribution in [1.29, 1.82) is 0 Å². The van der Waals surface area contributed by atoms with E-state index in [9.17, 15) is 8.42 Å². The fourth-order valence-electron chi connectivity index (χ4n) is 1.66. The third-order valence-corrected chi connectivity index (χ3v) is 4.69. The maximum Gasteiger partial charge on any atom is 0.281 e. The summed E-state index contributed by atoms with van der Waals surface area (Å²) >= 11 is 0. The Morgan fingerprint density at radius 1 is 1.53 bits per heavy atom. The molecule has 1 atom stereocenters. The highest BCUT2D eigenvalue weighted by Crippen LogP contribution is 2.15. The first-order valence-electron chi connectivity index (χ1n) is 5.45. The fourth-order valence-corrected chi connectivity index (χ4v) is 3.13. The van der Waals surface area contributed by atoms with Crippen molar-refractivity contribution in [2.75, 3.05) is 26.7 Å². The van der Waals surface area contributed by atoms with E-state index in [0.29, 0.717) is 19.6 Å². The predicted octanol–water partition coefficient (Wildman–Crippen LogP) is -0.00390. The molecule has 15 heavy (non-hydrogen) atoms. The van der Waals surface area contributed by atoms with Crippen molar-refractivity contribution >= 4 is 10.2 Å². The van der Waals surface area contributed by atoms with Crippen molar-refractivity contribution in [3.8, 4) is 0 Å². The maximum atomic E-state index is 12.0. The molecule has 0 aromatic heterocycles. The molecular formula is C9H21N3O2S. The summed E-state index contributed by atoms with van der Waals surface area (Å²) in [6.07, 6.45) is 2.66. The molecule has 1 aliphatic rings. The van der Waals surface area contributed by atoms with E-state index in [-0.39, 0.29) is 6.04 Å². The van der Waals surface area contributed by atoms with Crippen LogP contribution in [0.5, 0.6) is 0 Å². The van der Waals surface area contributed by atoms with E-state index in [0.717, 1.165) is 19.3 Å². The summed E-state index contributed by atoms with van der Waals surface area (Å²) in [5.41, 5.74) is 5.70. The molecule has 0 unspecified atom stereocenters. The second kappa shape index (κ2) is 5.25. The van der Waals surface area contributed by atoms with Gasteiger partial charge in [0, 0.05) is 32.7 Å². The lowest BCUT2D eigenvalue weighted by Gasteiger charge is -2.23. The Labute approximate surface area is 92.4 Å². The van der Waals surface area contributed by atoms with Gasteiger partial charge in [-0.05, 0) is 12.8 Å². The van der Waals surface area contributed by atoms with Crippen LogP contribution < -0.4 is 5.73 Å². The molecule has 1 aliphatic heterocycles. The van der Waals surface area contributed by atoms with E-state index < -0.39 is 10.2 Å². The number of hydrogen-bond donors (Lipinski definition) is 1. The van der Waals surface area contributed by atoms with Gasteiger partial charge in [0.15, 0.2) is 0 Å². The minimum Gasteiger partial charge on any atom is -0.326 e. The van der Waals surface area contributed by atoms with Gasteiger partial charge in [-0.2, -0.15) is 17.0 Å². The summed E-state index contributed by atoms with van der Waals surface area (Å²) in [6, 6.07) is -0.000602. The average molecular weight is 235 g/mol. The summed E-state index contributed by atoms with van der Waals surface area (Å²) in [6.45, 7) is 3.65. The summed E-state index contributed by atoms with van der Waals surface area (Å²) in [5.74, 6) is 0. The zero-order valence-corrected chi connectivity index (χ0v) is 10.3. The molecule has 0 aromatic rings. The number of rotatable bonds is 5. The molecule has 0 radical (unpaired) electrons. The Hall–Kier alpha value is -0.170. The van der Waals surface area contributed by atoms with Gasteiger partial charge >= 0.3 is 0 Å². The van der Waals surface area contributed by atoms with Gasteiger partial charge in [0.1, 0.15) is 0 Å². The van der Waals surface area contributed by atoms with Gasteiger partial charge in [-0.15, -0.1) is 0 Å². The minimum atomic E-state index is -3.26. The second-order valence-electron chi connectivity index (χ2n) is 4.09. The lowest BCUT2D eigenvalue weighted by atomic mass is 10.3. The molecule has 1 heterocycles. The Kier molecular flexibility index (Phi) is 4.51. The molecule has 1 fully saturated rings. The van der Waals surface area contributed by atoms with Crippen LogP contribution in [-0.4, -0.2) is 49.8 Å². The number of nitrogens with zero attached hydrogens (tertiary/aromatic N) is 2. The standard InChI is InChI=1S/C9H21N3O2S/c1-3-4-6-11(2)15(13,14)12-7-5-9(10)8-12/h9H,3-8,10H2,1-2H3/t9-/m0/s1. The van der Waals surface area contributed by atoms with Crippen LogP contribution >= 0.6 is 0 Å². The van der Waals surface area contributed by atoms with Crippen LogP contribution in [0.25, 0.3) is 0 Å². The van der Waals surface area contributed by atoms with E-state index in [1.54, 1.807) is 7.05 Å². The van der Waals surface area contributed by atoms with Crippen molar-refractivity contribution in [3.05, 3.63) is 0 Å². The molecule has 1 saturated heterocycles. The van der Waals surface area contributed by atoms with Crippen LogP contribution in [0.4, 0.5) is 0 Å².